The first-order valence-corrected chi connectivity index (χ1v) is 7.87. The Hall–Kier alpha value is -1.12. The van der Waals surface area contributed by atoms with Gasteiger partial charge in [-0.2, -0.15) is 0 Å². The van der Waals surface area contributed by atoms with Crippen molar-refractivity contribution >= 4 is 11.3 Å². The van der Waals surface area contributed by atoms with Crippen LogP contribution in [0.25, 0.3) is 10.4 Å². The zero-order valence-electron chi connectivity index (χ0n) is 12.3. The Morgan fingerprint density at radius 3 is 2.32 bits per heavy atom. The van der Waals surface area contributed by atoms with E-state index in [9.17, 15) is 0 Å². The van der Waals surface area contributed by atoms with Gasteiger partial charge in [0.15, 0.2) is 0 Å². The maximum absolute atomic E-state index is 3.55. The molecule has 0 bridgehead atoms. The number of nitrogens with one attached hydrogen (secondary N) is 1. The molecule has 0 aliphatic heterocycles. The molecule has 1 unspecified atom stereocenters. The van der Waals surface area contributed by atoms with Gasteiger partial charge in [-0.1, -0.05) is 43.2 Å². The first-order chi connectivity index (χ1) is 9.13. The van der Waals surface area contributed by atoms with Crippen LogP contribution in [0.3, 0.4) is 0 Å². The van der Waals surface area contributed by atoms with Crippen LogP contribution >= 0.6 is 11.3 Å². The maximum atomic E-state index is 3.55. The third kappa shape index (κ3) is 3.46. The molecule has 0 saturated carbocycles. The second-order valence-corrected chi connectivity index (χ2v) is 6.21. The molecule has 0 aliphatic rings. The van der Waals surface area contributed by atoms with Gasteiger partial charge in [0.05, 0.1) is 0 Å². The van der Waals surface area contributed by atoms with Crippen LogP contribution in [0.2, 0.25) is 0 Å². The molecule has 1 aromatic carbocycles. The van der Waals surface area contributed by atoms with Gasteiger partial charge in [-0.05, 0) is 44.5 Å². The summed E-state index contributed by atoms with van der Waals surface area (Å²) in [6.07, 6.45) is 1.14. The van der Waals surface area contributed by atoms with E-state index in [1.54, 1.807) is 0 Å². The summed E-state index contributed by atoms with van der Waals surface area (Å²) in [5.74, 6) is 0. The third-order valence-electron chi connectivity index (χ3n) is 3.34. The molecular formula is C17H23NS. The Bertz CT molecular complexity index is 522. The van der Waals surface area contributed by atoms with Crippen molar-refractivity contribution in [3.8, 4) is 10.4 Å². The zero-order valence-corrected chi connectivity index (χ0v) is 13.1. The molecule has 2 rings (SSSR count). The largest absolute Gasteiger partial charge is 0.310 e. The zero-order chi connectivity index (χ0) is 13.8. The van der Waals surface area contributed by atoms with Crippen LogP contribution in [0, 0.1) is 13.8 Å². The van der Waals surface area contributed by atoms with Crippen molar-refractivity contribution in [2.75, 3.05) is 6.54 Å². The Kier molecular flexibility index (Phi) is 4.78. The monoisotopic (exact) mass is 273 g/mol. The molecule has 1 atom stereocenters. The summed E-state index contributed by atoms with van der Waals surface area (Å²) in [4.78, 5) is 2.82. The molecule has 0 spiro atoms. The van der Waals surface area contributed by atoms with Gasteiger partial charge in [-0.3, -0.25) is 0 Å². The summed E-state index contributed by atoms with van der Waals surface area (Å²) in [6, 6.07) is 11.8. The number of hydrogen-bond acceptors (Lipinski definition) is 2. The van der Waals surface area contributed by atoms with Gasteiger partial charge < -0.3 is 5.32 Å². The second kappa shape index (κ2) is 6.36. The van der Waals surface area contributed by atoms with Crippen LogP contribution in [-0.4, -0.2) is 6.54 Å². The van der Waals surface area contributed by atoms with Gasteiger partial charge in [0.2, 0.25) is 0 Å². The molecule has 2 aromatic rings. The van der Waals surface area contributed by atoms with E-state index in [0.717, 1.165) is 13.0 Å². The molecule has 2 heteroatoms. The molecule has 19 heavy (non-hydrogen) atoms. The predicted octanol–water partition coefficient (Wildman–Crippen LogP) is 5.09. The normalized spacial score (nSPS) is 12.6. The molecule has 0 aliphatic carbocycles. The van der Waals surface area contributed by atoms with E-state index in [1.165, 1.54) is 26.4 Å². The first kappa shape index (κ1) is 14.3. The fourth-order valence-corrected chi connectivity index (χ4v) is 3.66. The standard InChI is InChI=1S/C17H23NS/c1-5-15(18-6-2)17-8-7-16(19-17)14-10-12(3)9-13(4)11-14/h7-11,15,18H,5-6H2,1-4H3. The van der Waals surface area contributed by atoms with Crippen molar-refractivity contribution in [2.24, 2.45) is 0 Å². The first-order valence-electron chi connectivity index (χ1n) is 7.05. The van der Waals surface area contributed by atoms with Crippen molar-refractivity contribution in [3.63, 3.8) is 0 Å². The molecule has 102 valence electrons. The second-order valence-electron chi connectivity index (χ2n) is 5.10. The number of hydrogen-bond donors (Lipinski definition) is 1. The van der Waals surface area contributed by atoms with E-state index in [2.05, 4.69) is 63.3 Å². The van der Waals surface area contributed by atoms with Crippen molar-refractivity contribution in [3.05, 3.63) is 46.3 Å². The molecule has 1 heterocycles. The average Bonchev–Trinajstić information content (AvgIpc) is 2.84. The highest BCUT2D eigenvalue weighted by Crippen LogP contribution is 2.33. The molecule has 1 N–H and O–H groups in total. The van der Waals surface area contributed by atoms with Gasteiger partial charge in [0.1, 0.15) is 0 Å². The lowest BCUT2D eigenvalue weighted by Crippen LogP contribution is -2.18. The molecule has 0 fully saturated rings. The quantitative estimate of drug-likeness (QED) is 0.800. The Morgan fingerprint density at radius 2 is 1.74 bits per heavy atom. The van der Waals surface area contributed by atoms with Crippen LogP contribution in [0.4, 0.5) is 0 Å². The molecule has 0 radical (unpaired) electrons. The van der Waals surface area contributed by atoms with Crippen LogP contribution in [0.1, 0.15) is 42.3 Å². The highest BCUT2D eigenvalue weighted by molar-refractivity contribution is 7.15. The van der Waals surface area contributed by atoms with Gasteiger partial charge in [0.25, 0.3) is 0 Å². The lowest BCUT2D eigenvalue weighted by Gasteiger charge is -2.13. The summed E-state index contributed by atoms with van der Waals surface area (Å²) in [5, 5.41) is 3.55. The minimum Gasteiger partial charge on any atom is -0.310 e. The Morgan fingerprint density at radius 1 is 1.05 bits per heavy atom. The van der Waals surface area contributed by atoms with E-state index in [4.69, 9.17) is 0 Å². The van der Waals surface area contributed by atoms with Crippen molar-refractivity contribution in [2.45, 2.75) is 40.2 Å². The average molecular weight is 273 g/mol. The number of thiophene rings is 1. The summed E-state index contributed by atoms with van der Waals surface area (Å²) in [5.41, 5.74) is 4.02. The molecule has 0 amide bonds. The highest BCUT2D eigenvalue weighted by atomic mass is 32.1. The van der Waals surface area contributed by atoms with E-state index in [1.807, 2.05) is 11.3 Å². The topological polar surface area (TPSA) is 12.0 Å². The SMILES string of the molecule is CCNC(CC)c1ccc(-c2cc(C)cc(C)c2)s1. The van der Waals surface area contributed by atoms with Crippen molar-refractivity contribution in [1.82, 2.24) is 5.32 Å². The minimum absolute atomic E-state index is 0.495. The maximum Gasteiger partial charge on any atom is 0.0412 e. The third-order valence-corrected chi connectivity index (χ3v) is 4.58. The minimum atomic E-state index is 0.495. The summed E-state index contributed by atoms with van der Waals surface area (Å²) >= 11 is 1.91. The molecule has 1 aromatic heterocycles. The van der Waals surface area contributed by atoms with Crippen LogP contribution in [0.15, 0.2) is 30.3 Å². The van der Waals surface area contributed by atoms with E-state index in [-0.39, 0.29) is 0 Å². The van der Waals surface area contributed by atoms with Gasteiger partial charge >= 0.3 is 0 Å². The number of rotatable bonds is 5. The van der Waals surface area contributed by atoms with E-state index in [0.29, 0.717) is 6.04 Å². The predicted molar refractivity (Wildman–Crippen MR) is 85.9 cm³/mol. The van der Waals surface area contributed by atoms with Gasteiger partial charge in [-0.25, -0.2) is 0 Å². The van der Waals surface area contributed by atoms with E-state index < -0.39 is 0 Å². The number of aryl methyl sites for hydroxylation is 2. The summed E-state index contributed by atoms with van der Waals surface area (Å²) in [7, 11) is 0. The Balaban J connectivity index is 2.29. The van der Waals surface area contributed by atoms with Gasteiger partial charge in [-0.15, -0.1) is 11.3 Å². The van der Waals surface area contributed by atoms with Crippen LogP contribution in [0.5, 0.6) is 0 Å². The van der Waals surface area contributed by atoms with E-state index >= 15 is 0 Å². The lowest BCUT2D eigenvalue weighted by atomic mass is 10.1. The van der Waals surface area contributed by atoms with Crippen LogP contribution < -0.4 is 5.32 Å². The lowest BCUT2D eigenvalue weighted by molar-refractivity contribution is 0.545. The highest BCUT2D eigenvalue weighted by Gasteiger charge is 2.11. The molecule has 1 nitrogen and oxygen atoms in total. The van der Waals surface area contributed by atoms with Crippen LogP contribution in [-0.2, 0) is 0 Å². The number of benzene rings is 1. The fourth-order valence-electron chi connectivity index (χ4n) is 2.50. The molecule has 0 saturated heterocycles. The fraction of sp³-hybridized carbons (Fsp3) is 0.412. The smallest absolute Gasteiger partial charge is 0.0412 e. The van der Waals surface area contributed by atoms with Crippen molar-refractivity contribution in [1.29, 1.82) is 0 Å². The summed E-state index contributed by atoms with van der Waals surface area (Å²) < 4.78 is 0. The summed E-state index contributed by atoms with van der Waals surface area (Å²) in [6.45, 7) is 9.76. The van der Waals surface area contributed by atoms with Crippen molar-refractivity contribution < 1.29 is 0 Å². The Labute approximate surface area is 120 Å². The van der Waals surface area contributed by atoms with Gasteiger partial charge in [0, 0.05) is 15.8 Å². The molecular weight excluding hydrogens is 250 g/mol.